The van der Waals surface area contributed by atoms with Gasteiger partial charge < -0.3 is 9.84 Å². The Balaban J connectivity index is 1.45. The molecule has 0 fully saturated rings. The van der Waals surface area contributed by atoms with Crippen LogP contribution in [0.15, 0.2) is 54.7 Å². The SMILES string of the molecule is COc1cc(/C=N/NC(=O)CSc2nnc(SCc3ccccc3Cl)s2)cc(Br)c1O. The quantitative estimate of drug-likeness (QED) is 0.211. The largest absolute Gasteiger partial charge is 0.503 e. The lowest BCUT2D eigenvalue weighted by Crippen LogP contribution is -2.19. The van der Waals surface area contributed by atoms with Gasteiger partial charge >= 0.3 is 0 Å². The molecule has 31 heavy (non-hydrogen) atoms. The average Bonchev–Trinajstić information content (AvgIpc) is 3.22. The van der Waals surface area contributed by atoms with Crippen molar-refractivity contribution < 1.29 is 14.6 Å². The summed E-state index contributed by atoms with van der Waals surface area (Å²) in [6, 6.07) is 10.9. The van der Waals surface area contributed by atoms with Gasteiger partial charge in [0.25, 0.3) is 5.91 Å². The molecule has 2 N–H and O–H groups in total. The van der Waals surface area contributed by atoms with Crippen molar-refractivity contribution in [3.63, 3.8) is 0 Å². The third-order valence-electron chi connectivity index (χ3n) is 3.70. The molecule has 0 aliphatic rings. The molecule has 1 heterocycles. The molecule has 1 amide bonds. The van der Waals surface area contributed by atoms with Crippen molar-refractivity contribution in [2.24, 2.45) is 5.10 Å². The third kappa shape index (κ3) is 7.11. The number of phenols is 1. The predicted molar refractivity (Wildman–Crippen MR) is 130 cm³/mol. The van der Waals surface area contributed by atoms with Crippen LogP contribution < -0.4 is 10.2 Å². The normalized spacial score (nSPS) is 11.1. The maximum absolute atomic E-state index is 12.0. The Bertz CT molecular complexity index is 1100. The zero-order chi connectivity index (χ0) is 22.2. The summed E-state index contributed by atoms with van der Waals surface area (Å²) in [6.07, 6.45) is 1.46. The van der Waals surface area contributed by atoms with Crippen molar-refractivity contribution in [1.29, 1.82) is 0 Å². The first-order valence-electron chi connectivity index (χ1n) is 8.67. The summed E-state index contributed by atoms with van der Waals surface area (Å²) in [5.74, 6) is 0.890. The summed E-state index contributed by atoms with van der Waals surface area (Å²) < 4.78 is 7.06. The molecule has 0 saturated heterocycles. The first kappa shape index (κ1) is 23.9. The Morgan fingerprint density at radius 1 is 1.32 bits per heavy atom. The molecular formula is C19H16BrClN4O3S3. The monoisotopic (exact) mass is 558 g/mol. The molecule has 2 aromatic carbocycles. The van der Waals surface area contributed by atoms with Crippen molar-refractivity contribution >= 4 is 74.5 Å². The number of carbonyl (C=O) groups excluding carboxylic acids is 1. The van der Waals surface area contributed by atoms with Crippen LogP contribution in [0.3, 0.4) is 0 Å². The number of carbonyl (C=O) groups is 1. The van der Waals surface area contributed by atoms with Crippen LogP contribution >= 0.6 is 62.4 Å². The van der Waals surface area contributed by atoms with E-state index in [4.69, 9.17) is 16.3 Å². The number of hydrogen-bond donors (Lipinski definition) is 2. The minimum atomic E-state index is -0.272. The van der Waals surface area contributed by atoms with E-state index in [0.29, 0.717) is 25.9 Å². The second-order valence-corrected chi connectivity index (χ2v) is 10.5. The number of halogens is 2. The van der Waals surface area contributed by atoms with Gasteiger partial charge in [-0.1, -0.05) is 64.7 Å². The van der Waals surface area contributed by atoms with Crippen LogP contribution in [0.4, 0.5) is 0 Å². The van der Waals surface area contributed by atoms with Gasteiger partial charge in [-0.25, -0.2) is 5.43 Å². The minimum absolute atomic E-state index is 0.00143. The highest BCUT2D eigenvalue weighted by molar-refractivity contribution is 9.10. The van der Waals surface area contributed by atoms with Gasteiger partial charge in [0.1, 0.15) is 0 Å². The molecule has 7 nitrogen and oxygen atoms in total. The maximum Gasteiger partial charge on any atom is 0.250 e. The minimum Gasteiger partial charge on any atom is -0.503 e. The number of phenolic OH excluding ortho intramolecular Hbond substituents is 1. The number of rotatable bonds is 9. The van der Waals surface area contributed by atoms with E-state index in [-0.39, 0.29) is 17.4 Å². The lowest BCUT2D eigenvalue weighted by Gasteiger charge is -2.06. The summed E-state index contributed by atoms with van der Waals surface area (Å²) in [5.41, 5.74) is 4.15. The Labute approximate surface area is 204 Å². The fourth-order valence-electron chi connectivity index (χ4n) is 2.23. The highest BCUT2D eigenvalue weighted by Crippen LogP contribution is 2.35. The predicted octanol–water partition coefficient (Wildman–Crippen LogP) is 5.20. The van der Waals surface area contributed by atoms with Gasteiger partial charge in [-0.3, -0.25) is 4.79 Å². The molecule has 0 saturated carbocycles. The fourth-order valence-corrected chi connectivity index (χ4v) is 5.79. The van der Waals surface area contributed by atoms with E-state index >= 15 is 0 Å². The number of hydrazone groups is 1. The van der Waals surface area contributed by atoms with Crippen LogP contribution in [0.1, 0.15) is 11.1 Å². The van der Waals surface area contributed by atoms with Gasteiger partial charge in [-0.15, -0.1) is 10.2 Å². The highest BCUT2D eigenvalue weighted by Gasteiger charge is 2.10. The zero-order valence-electron chi connectivity index (χ0n) is 16.0. The molecule has 1 aromatic heterocycles. The standard InChI is InChI=1S/C19H16BrClN4O3S3/c1-28-15-7-11(6-13(20)17(15)27)8-22-23-16(26)10-30-19-25-24-18(31-19)29-9-12-4-2-3-5-14(12)21/h2-8,27H,9-10H2,1H3,(H,23,26)/b22-8+. The van der Waals surface area contributed by atoms with Crippen molar-refractivity contribution in [2.75, 3.05) is 12.9 Å². The van der Waals surface area contributed by atoms with Crippen molar-refractivity contribution in [1.82, 2.24) is 15.6 Å². The molecule has 162 valence electrons. The van der Waals surface area contributed by atoms with Crippen molar-refractivity contribution in [2.45, 2.75) is 14.4 Å². The molecule has 12 heteroatoms. The molecule has 0 unspecified atom stereocenters. The van der Waals surface area contributed by atoms with Crippen molar-refractivity contribution in [3.8, 4) is 11.5 Å². The Morgan fingerprint density at radius 3 is 2.81 bits per heavy atom. The van der Waals surface area contributed by atoms with E-state index < -0.39 is 0 Å². The summed E-state index contributed by atoms with van der Waals surface area (Å²) >= 11 is 13.7. The van der Waals surface area contributed by atoms with Gasteiger partial charge in [-0.2, -0.15) is 5.10 Å². The highest BCUT2D eigenvalue weighted by atomic mass is 79.9. The third-order valence-corrected chi connectivity index (χ3v) is 7.91. The van der Waals surface area contributed by atoms with Crippen LogP contribution in [-0.2, 0) is 10.5 Å². The molecule has 3 rings (SSSR count). The molecule has 0 atom stereocenters. The van der Waals surface area contributed by atoms with Gasteiger partial charge in [0.05, 0.1) is 23.5 Å². The first-order valence-corrected chi connectivity index (χ1v) is 12.6. The Morgan fingerprint density at radius 2 is 2.06 bits per heavy atom. The number of nitrogens with one attached hydrogen (secondary N) is 1. The van der Waals surface area contributed by atoms with E-state index in [1.54, 1.807) is 23.9 Å². The van der Waals surface area contributed by atoms with E-state index in [1.807, 2.05) is 24.3 Å². The lowest BCUT2D eigenvalue weighted by atomic mass is 10.2. The number of ether oxygens (including phenoxy) is 1. The number of thioether (sulfide) groups is 2. The van der Waals surface area contributed by atoms with Gasteiger partial charge in [0.2, 0.25) is 0 Å². The number of nitrogens with zero attached hydrogens (tertiary/aromatic N) is 3. The zero-order valence-corrected chi connectivity index (χ0v) is 20.8. The smallest absolute Gasteiger partial charge is 0.250 e. The fraction of sp³-hybridized carbons (Fsp3) is 0.158. The Hall–Kier alpha value is -1.79. The summed E-state index contributed by atoms with van der Waals surface area (Å²) in [5, 5.41) is 22.7. The van der Waals surface area contributed by atoms with E-state index in [1.165, 1.54) is 36.4 Å². The maximum atomic E-state index is 12.0. The molecule has 0 aliphatic carbocycles. The van der Waals surface area contributed by atoms with E-state index in [0.717, 1.165) is 14.9 Å². The second kappa shape index (κ2) is 11.7. The molecule has 0 spiro atoms. The molecule has 0 radical (unpaired) electrons. The van der Waals surface area contributed by atoms with E-state index in [9.17, 15) is 9.90 Å². The molecule has 0 aliphatic heterocycles. The van der Waals surface area contributed by atoms with E-state index in [2.05, 4.69) is 36.7 Å². The van der Waals surface area contributed by atoms with Crippen LogP contribution in [0.2, 0.25) is 5.02 Å². The first-order chi connectivity index (χ1) is 15.0. The lowest BCUT2D eigenvalue weighted by molar-refractivity contribution is -0.118. The number of aromatic hydroxyl groups is 1. The van der Waals surface area contributed by atoms with Crippen LogP contribution in [-0.4, -0.2) is 40.3 Å². The number of amides is 1. The number of aromatic nitrogens is 2. The average molecular weight is 560 g/mol. The second-order valence-electron chi connectivity index (χ2n) is 5.85. The summed E-state index contributed by atoms with van der Waals surface area (Å²) in [6.45, 7) is 0. The summed E-state index contributed by atoms with van der Waals surface area (Å²) in [4.78, 5) is 12.0. The van der Waals surface area contributed by atoms with Crippen LogP contribution in [0.5, 0.6) is 11.5 Å². The topological polar surface area (TPSA) is 96.7 Å². The molecule has 3 aromatic rings. The number of hydrogen-bond acceptors (Lipinski definition) is 9. The van der Waals surface area contributed by atoms with Crippen LogP contribution in [0, 0.1) is 0 Å². The molecule has 0 bridgehead atoms. The van der Waals surface area contributed by atoms with Crippen molar-refractivity contribution in [3.05, 3.63) is 57.0 Å². The Kier molecular flexibility index (Phi) is 9.02. The van der Waals surface area contributed by atoms with Gasteiger partial charge in [0, 0.05) is 10.8 Å². The molecular weight excluding hydrogens is 544 g/mol. The van der Waals surface area contributed by atoms with Gasteiger partial charge in [-0.05, 0) is 45.3 Å². The van der Waals surface area contributed by atoms with Gasteiger partial charge in [0.15, 0.2) is 20.2 Å². The number of methoxy groups -OCH3 is 1. The van der Waals surface area contributed by atoms with Crippen LogP contribution in [0.25, 0.3) is 0 Å². The summed E-state index contributed by atoms with van der Waals surface area (Å²) in [7, 11) is 1.45. The number of benzene rings is 2.